The predicted octanol–water partition coefficient (Wildman–Crippen LogP) is 2.87. The second-order valence-corrected chi connectivity index (χ2v) is 5.47. The molecule has 0 unspecified atom stereocenters. The molecule has 0 saturated heterocycles. The minimum absolute atomic E-state index is 0.123. The van der Waals surface area contributed by atoms with Gasteiger partial charge in [-0.15, -0.1) is 0 Å². The number of aryl methyl sites for hydroxylation is 1. The maximum Gasteiger partial charge on any atom is 0.123 e. The van der Waals surface area contributed by atoms with Crippen molar-refractivity contribution in [1.82, 2.24) is 0 Å². The molecule has 0 atom stereocenters. The van der Waals surface area contributed by atoms with Crippen molar-refractivity contribution in [3.05, 3.63) is 53.6 Å². The number of fused-ring (bicyclic) bond motifs is 1. The lowest BCUT2D eigenvalue weighted by molar-refractivity contribution is 0.822. The smallest absolute Gasteiger partial charge is 0.123 e. The fourth-order valence-electron chi connectivity index (χ4n) is 2.89. The first-order valence-electron chi connectivity index (χ1n) is 7.10. The SMILES string of the molecule is Cc1cc(N2CCN(C)c3ccccc32)ccc1C(=N)N. The number of amidine groups is 1. The van der Waals surface area contributed by atoms with Crippen LogP contribution in [-0.4, -0.2) is 26.0 Å². The molecule has 4 heteroatoms. The Labute approximate surface area is 125 Å². The molecule has 108 valence electrons. The van der Waals surface area contributed by atoms with Crippen molar-refractivity contribution >= 4 is 22.9 Å². The molecule has 0 amide bonds. The van der Waals surface area contributed by atoms with Crippen molar-refractivity contribution in [1.29, 1.82) is 5.41 Å². The first kappa shape index (κ1) is 13.5. The van der Waals surface area contributed by atoms with Crippen molar-refractivity contribution in [2.45, 2.75) is 6.92 Å². The highest BCUT2D eigenvalue weighted by Gasteiger charge is 2.21. The summed E-state index contributed by atoms with van der Waals surface area (Å²) in [5, 5.41) is 7.59. The summed E-state index contributed by atoms with van der Waals surface area (Å²) in [5.74, 6) is 0.123. The zero-order chi connectivity index (χ0) is 15.0. The molecule has 1 aliphatic heterocycles. The summed E-state index contributed by atoms with van der Waals surface area (Å²) in [4.78, 5) is 4.61. The quantitative estimate of drug-likeness (QED) is 0.657. The van der Waals surface area contributed by atoms with Gasteiger partial charge < -0.3 is 15.5 Å². The van der Waals surface area contributed by atoms with Crippen LogP contribution in [0.2, 0.25) is 0 Å². The van der Waals surface area contributed by atoms with Gasteiger partial charge in [-0.05, 0) is 42.8 Å². The number of benzene rings is 2. The highest BCUT2D eigenvalue weighted by atomic mass is 15.3. The Balaban J connectivity index is 2.04. The fraction of sp³-hybridized carbons (Fsp3) is 0.235. The Hall–Kier alpha value is -2.49. The molecule has 3 N–H and O–H groups in total. The third kappa shape index (κ3) is 2.33. The molecule has 0 spiro atoms. The van der Waals surface area contributed by atoms with Crippen LogP contribution in [0.5, 0.6) is 0 Å². The summed E-state index contributed by atoms with van der Waals surface area (Å²) in [7, 11) is 2.13. The second-order valence-electron chi connectivity index (χ2n) is 5.47. The standard InChI is InChI=1S/C17H20N4/c1-12-11-13(7-8-14(12)17(18)19)21-10-9-20(2)15-5-3-4-6-16(15)21/h3-8,11H,9-10H2,1-2H3,(H3,18,19). The first-order chi connectivity index (χ1) is 10.1. The van der Waals surface area contributed by atoms with Crippen LogP contribution in [0.3, 0.4) is 0 Å². The highest BCUT2D eigenvalue weighted by molar-refractivity contribution is 5.97. The number of rotatable bonds is 2. The van der Waals surface area contributed by atoms with Gasteiger partial charge in [0.15, 0.2) is 0 Å². The molecule has 1 heterocycles. The summed E-state index contributed by atoms with van der Waals surface area (Å²) < 4.78 is 0. The zero-order valence-corrected chi connectivity index (χ0v) is 12.4. The average Bonchev–Trinajstić information content (AvgIpc) is 2.47. The highest BCUT2D eigenvalue weighted by Crippen LogP contribution is 2.37. The van der Waals surface area contributed by atoms with E-state index in [0.717, 1.165) is 29.9 Å². The van der Waals surface area contributed by atoms with E-state index in [4.69, 9.17) is 11.1 Å². The van der Waals surface area contributed by atoms with E-state index >= 15 is 0 Å². The Morgan fingerprint density at radius 3 is 2.48 bits per heavy atom. The monoisotopic (exact) mass is 280 g/mol. The predicted molar refractivity (Wildman–Crippen MR) is 88.9 cm³/mol. The molecule has 0 radical (unpaired) electrons. The molecule has 0 aromatic heterocycles. The number of para-hydroxylation sites is 2. The van der Waals surface area contributed by atoms with Gasteiger partial charge in [-0.25, -0.2) is 0 Å². The number of nitrogens with two attached hydrogens (primary N) is 1. The summed E-state index contributed by atoms with van der Waals surface area (Å²) in [6.07, 6.45) is 0. The van der Waals surface area contributed by atoms with Crippen molar-refractivity contribution in [3.63, 3.8) is 0 Å². The van der Waals surface area contributed by atoms with E-state index in [1.165, 1.54) is 11.4 Å². The van der Waals surface area contributed by atoms with Crippen LogP contribution in [0.1, 0.15) is 11.1 Å². The molecule has 2 aromatic carbocycles. The minimum atomic E-state index is 0.123. The lowest BCUT2D eigenvalue weighted by Gasteiger charge is -2.37. The van der Waals surface area contributed by atoms with Crippen LogP contribution in [0.25, 0.3) is 0 Å². The largest absolute Gasteiger partial charge is 0.384 e. The molecule has 1 aliphatic rings. The maximum absolute atomic E-state index is 7.59. The number of nitrogens with one attached hydrogen (secondary N) is 1. The number of hydrogen-bond donors (Lipinski definition) is 2. The van der Waals surface area contributed by atoms with Crippen molar-refractivity contribution < 1.29 is 0 Å². The Morgan fingerprint density at radius 2 is 1.81 bits per heavy atom. The van der Waals surface area contributed by atoms with Gasteiger partial charge in [0.1, 0.15) is 5.84 Å². The van der Waals surface area contributed by atoms with E-state index in [0.29, 0.717) is 0 Å². The molecular weight excluding hydrogens is 260 g/mol. The van der Waals surface area contributed by atoms with Crippen molar-refractivity contribution in [3.8, 4) is 0 Å². The third-order valence-corrected chi connectivity index (χ3v) is 4.05. The topological polar surface area (TPSA) is 56.4 Å². The number of anilines is 3. The van der Waals surface area contributed by atoms with E-state index in [1.807, 2.05) is 19.1 Å². The second kappa shape index (κ2) is 5.13. The van der Waals surface area contributed by atoms with Gasteiger partial charge in [0.2, 0.25) is 0 Å². The van der Waals surface area contributed by atoms with Gasteiger partial charge in [-0.1, -0.05) is 12.1 Å². The molecule has 0 bridgehead atoms. The normalized spacial score (nSPS) is 14.0. The van der Waals surface area contributed by atoms with Crippen LogP contribution in [0.4, 0.5) is 17.1 Å². The number of nitrogens with zero attached hydrogens (tertiary/aromatic N) is 2. The van der Waals surface area contributed by atoms with E-state index in [1.54, 1.807) is 0 Å². The molecule has 3 rings (SSSR count). The van der Waals surface area contributed by atoms with Crippen LogP contribution in [0.15, 0.2) is 42.5 Å². The van der Waals surface area contributed by atoms with Crippen LogP contribution in [-0.2, 0) is 0 Å². The average molecular weight is 280 g/mol. The number of nitrogen functional groups attached to an aromatic ring is 1. The molecule has 0 fully saturated rings. The van der Waals surface area contributed by atoms with Crippen LogP contribution in [0, 0.1) is 12.3 Å². The molecule has 4 nitrogen and oxygen atoms in total. The number of hydrogen-bond acceptors (Lipinski definition) is 3. The van der Waals surface area contributed by atoms with Crippen LogP contribution < -0.4 is 15.5 Å². The van der Waals surface area contributed by atoms with Gasteiger partial charge in [0, 0.05) is 31.4 Å². The van der Waals surface area contributed by atoms with E-state index < -0.39 is 0 Å². The number of likely N-dealkylation sites (N-methyl/N-ethyl adjacent to an activating group) is 1. The summed E-state index contributed by atoms with van der Waals surface area (Å²) >= 11 is 0. The van der Waals surface area contributed by atoms with Gasteiger partial charge in [0.05, 0.1) is 11.4 Å². The van der Waals surface area contributed by atoms with Gasteiger partial charge >= 0.3 is 0 Å². The van der Waals surface area contributed by atoms with E-state index in [2.05, 4.69) is 47.2 Å². The van der Waals surface area contributed by atoms with Crippen molar-refractivity contribution in [2.75, 3.05) is 29.9 Å². The minimum Gasteiger partial charge on any atom is -0.384 e. The van der Waals surface area contributed by atoms with Gasteiger partial charge in [0.25, 0.3) is 0 Å². The Kier molecular flexibility index (Phi) is 3.29. The Morgan fingerprint density at radius 1 is 1.10 bits per heavy atom. The van der Waals surface area contributed by atoms with E-state index in [-0.39, 0.29) is 5.84 Å². The fourth-order valence-corrected chi connectivity index (χ4v) is 2.89. The lowest BCUT2D eigenvalue weighted by Crippen LogP contribution is -2.36. The summed E-state index contributed by atoms with van der Waals surface area (Å²) in [5.41, 5.74) is 11.1. The van der Waals surface area contributed by atoms with E-state index in [9.17, 15) is 0 Å². The molecule has 0 aliphatic carbocycles. The Bertz CT molecular complexity index is 693. The third-order valence-electron chi connectivity index (χ3n) is 4.05. The van der Waals surface area contributed by atoms with Crippen LogP contribution >= 0.6 is 0 Å². The first-order valence-corrected chi connectivity index (χ1v) is 7.10. The molecule has 21 heavy (non-hydrogen) atoms. The maximum atomic E-state index is 7.59. The lowest BCUT2D eigenvalue weighted by atomic mass is 10.1. The zero-order valence-electron chi connectivity index (χ0n) is 12.4. The summed E-state index contributed by atoms with van der Waals surface area (Å²) in [6.45, 7) is 3.94. The van der Waals surface area contributed by atoms with Gasteiger partial charge in [-0.3, -0.25) is 5.41 Å². The molecular formula is C17H20N4. The molecule has 0 saturated carbocycles. The van der Waals surface area contributed by atoms with Gasteiger partial charge in [-0.2, -0.15) is 0 Å². The van der Waals surface area contributed by atoms with Crippen molar-refractivity contribution in [2.24, 2.45) is 5.73 Å². The molecule has 2 aromatic rings. The summed E-state index contributed by atoms with van der Waals surface area (Å²) in [6, 6.07) is 14.5.